The van der Waals surface area contributed by atoms with Crippen molar-refractivity contribution < 1.29 is 9.84 Å². The van der Waals surface area contributed by atoms with Gasteiger partial charge in [-0.1, -0.05) is 18.2 Å². The summed E-state index contributed by atoms with van der Waals surface area (Å²) in [4.78, 5) is 2.29. The zero-order chi connectivity index (χ0) is 13.0. The fraction of sp³-hybridized carbons (Fsp3) is 0.571. The van der Waals surface area contributed by atoms with E-state index in [2.05, 4.69) is 30.0 Å². The lowest BCUT2D eigenvalue weighted by Gasteiger charge is -2.34. The molecule has 18 heavy (non-hydrogen) atoms. The number of ether oxygens (including phenoxy) is 1. The molecule has 1 aromatic carbocycles. The molecule has 0 saturated carbocycles. The molecule has 1 aromatic rings. The van der Waals surface area contributed by atoms with Gasteiger partial charge in [0.15, 0.2) is 0 Å². The van der Waals surface area contributed by atoms with Crippen LogP contribution in [-0.4, -0.2) is 42.4 Å². The highest BCUT2D eigenvalue weighted by atomic mass is 16.5. The normalized spacial score (nSPS) is 21.2. The molecule has 100 valence electrons. The maximum Gasteiger partial charge on any atom is 0.0644 e. The Morgan fingerprint density at radius 2 is 2.33 bits per heavy atom. The van der Waals surface area contributed by atoms with Gasteiger partial charge in [0.05, 0.1) is 25.9 Å². The number of rotatable bonds is 4. The number of aryl methyl sites for hydroxylation is 1. The summed E-state index contributed by atoms with van der Waals surface area (Å²) in [5.41, 5.74) is 9.36. The first-order valence-corrected chi connectivity index (χ1v) is 6.45. The number of aliphatic hydroxyl groups excluding tert-OH is 1. The van der Waals surface area contributed by atoms with Crippen molar-refractivity contribution in [3.05, 3.63) is 34.9 Å². The van der Waals surface area contributed by atoms with Crippen LogP contribution in [0.5, 0.6) is 0 Å². The average Bonchev–Trinajstić information content (AvgIpc) is 2.41. The van der Waals surface area contributed by atoms with Crippen LogP contribution in [-0.2, 0) is 17.8 Å². The van der Waals surface area contributed by atoms with Crippen LogP contribution in [0.15, 0.2) is 18.2 Å². The van der Waals surface area contributed by atoms with Crippen LogP contribution in [0.4, 0.5) is 0 Å². The molecule has 0 bridgehead atoms. The summed E-state index contributed by atoms with van der Waals surface area (Å²) in [7, 11) is 0. The van der Waals surface area contributed by atoms with E-state index in [9.17, 15) is 5.11 Å². The van der Waals surface area contributed by atoms with Crippen molar-refractivity contribution in [3.8, 4) is 0 Å². The number of benzene rings is 1. The van der Waals surface area contributed by atoms with E-state index in [1.54, 1.807) is 0 Å². The number of hydrogen-bond donors (Lipinski definition) is 2. The maximum atomic E-state index is 9.35. The van der Waals surface area contributed by atoms with Gasteiger partial charge in [-0.3, -0.25) is 4.90 Å². The second-order valence-corrected chi connectivity index (χ2v) is 4.85. The largest absolute Gasteiger partial charge is 0.395 e. The van der Waals surface area contributed by atoms with Crippen LogP contribution in [0.2, 0.25) is 0 Å². The van der Waals surface area contributed by atoms with E-state index in [0.717, 1.165) is 25.3 Å². The van der Waals surface area contributed by atoms with Crippen molar-refractivity contribution in [2.24, 2.45) is 5.73 Å². The molecular formula is C14H22N2O2. The van der Waals surface area contributed by atoms with Gasteiger partial charge in [-0.2, -0.15) is 0 Å². The molecule has 1 atom stereocenters. The highest BCUT2D eigenvalue weighted by Crippen LogP contribution is 2.16. The van der Waals surface area contributed by atoms with Gasteiger partial charge in [-0.15, -0.1) is 0 Å². The average molecular weight is 250 g/mol. The van der Waals surface area contributed by atoms with Crippen LogP contribution < -0.4 is 5.73 Å². The van der Waals surface area contributed by atoms with E-state index in [1.807, 2.05) is 0 Å². The van der Waals surface area contributed by atoms with Crippen molar-refractivity contribution in [2.75, 3.05) is 26.4 Å². The molecule has 1 aliphatic rings. The van der Waals surface area contributed by atoms with Gasteiger partial charge in [0.1, 0.15) is 0 Å². The first kappa shape index (κ1) is 13.5. The van der Waals surface area contributed by atoms with E-state index in [-0.39, 0.29) is 12.6 Å². The fourth-order valence-electron chi connectivity index (χ4n) is 2.35. The predicted octanol–water partition coefficient (Wildman–Crippen LogP) is 0.647. The molecule has 1 heterocycles. The number of aliphatic hydroxyl groups is 1. The third-order valence-corrected chi connectivity index (χ3v) is 3.58. The minimum absolute atomic E-state index is 0.118. The zero-order valence-electron chi connectivity index (χ0n) is 10.9. The summed E-state index contributed by atoms with van der Waals surface area (Å²) in [5, 5.41) is 9.35. The predicted molar refractivity (Wildman–Crippen MR) is 71.2 cm³/mol. The second-order valence-electron chi connectivity index (χ2n) is 4.85. The Hall–Kier alpha value is -0.940. The quantitative estimate of drug-likeness (QED) is 0.823. The molecule has 0 spiro atoms. The molecule has 0 radical (unpaired) electrons. The van der Waals surface area contributed by atoms with Crippen molar-refractivity contribution in [1.82, 2.24) is 4.90 Å². The SMILES string of the molecule is Cc1cc(CN)ccc1CN1CCOCC1CO. The van der Waals surface area contributed by atoms with E-state index in [0.29, 0.717) is 13.2 Å². The van der Waals surface area contributed by atoms with Gasteiger partial charge in [-0.05, 0) is 23.6 Å². The molecule has 1 fully saturated rings. The van der Waals surface area contributed by atoms with Crippen LogP contribution >= 0.6 is 0 Å². The van der Waals surface area contributed by atoms with Crippen LogP contribution in [0.1, 0.15) is 16.7 Å². The zero-order valence-corrected chi connectivity index (χ0v) is 10.9. The Bertz CT molecular complexity index is 395. The van der Waals surface area contributed by atoms with Gasteiger partial charge in [-0.25, -0.2) is 0 Å². The monoisotopic (exact) mass is 250 g/mol. The lowest BCUT2D eigenvalue weighted by atomic mass is 10.0. The Kier molecular flexibility index (Phi) is 4.72. The Morgan fingerprint density at radius 3 is 3.00 bits per heavy atom. The molecule has 4 nitrogen and oxygen atoms in total. The molecule has 2 rings (SSSR count). The number of morpholine rings is 1. The van der Waals surface area contributed by atoms with E-state index in [1.165, 1.54) is 11.1 Å². The molecule has 1 saturated heterocycles. The minimum atomic E-state index is 0.118. The smallest absolute Gasteiger partial charge is 0.0644 e. The van der Waals surface area contributed by atoms with Gasteiger partial charge in [0.25, 0.3) is 0 Å². The lowest BCUT2D eigenvalue weighted by molar-refractivity contribution is -0.0313. The Balaban J connectivity index is 2.07. The lowest BCUT2D eigenvalue weighted by Crippen LogP contribution is -2.46. The molecule has 1 unspecified atom stereocenters. The molecule has 4 heteroatoms. The van der Waals surface area contributed by atoms with Crippen molar-refractivity contribution >= 4 is 0 Å². The summed E-state index contributed by atoms with van der Waals surface area (Å²) in [6, 6.07) is 6.48. The highest BCUT2D eigenvalue weighted by molar-refractivity contribution is 5.31. The van der Waals surface area contributed by atoms with Gasteiger partial charge in [0.2, 0.25) is 0 Å². The minimum Gasteiger partial charge on any atom is -0.395 e. The van der Waals surface area contributed by atoms with E-state index >= 15 is 0 Å². The summed E-state index contributed by atoms with van der Waals surface area (Å²) in [5.74, 6) is 0. The van der Waals surface area contributed by atoms with Crippen LogP contribution in [0, 0.1) is 6.92 Å². The number of nitrogens with zero attached hydrogens (tertiary/aromatic N) is 1. The van der Waals surface area contributed by atoms with Crippen molar-refractivity contribution in [1.29, 1.82) is 0 Å². The first-order valence-electron chi connectivity index (χ1n) is 6.45. The Morgan fingerprint density at radius 1 is 1.50 bits per heavy atom. The van der Waals surface area contributed by atoms with Crippen LogP contribution in [0.25, 0.3) is 0 Å². The first-order chi connectivity index (χ1) is 8.74. The maximum absolute atomic E-state index is 9.35. The molecule has 1 aliphatic heterocycles. The topological polar surface area (TPSA) is 58.7 Å². The fourth-order valence-corrected chi connectivity index (χ4v) is 2.35. The van der Waals surface area contributed by atoms with Crippen LogP contribution in [0.3, 0.4) is 0 Å². The highest BCUT2D eigenvalue weighted by Gasteiger charge is 2.22. The molecule has 0 amide bonds. The molecule has 3 N–H and O–H groups in total. The summed E-state index contributed by atoms with van der Waals surface area (Å²) in [6.07, 6.45) is 0. The number of nitrogens with two attached hydrogens (primary N) is 1. The van der Waals surface area contributed by atoms with Crippen molar-refractivity contribution in [2.45, 2.75) is 26.1 Å². The van der Waals surface area contributed by atoms with E-state index in [4.69, 9.17) is 10.5 Å². The summed E-state index contributed by atoms with van der Waals surface area (Å²) < 4.78 is 5.39. The van der Waals surface area contributed by atoms with Gasteiger partial charge < -0.3 is 15.6 Å². The number of hydrogen-bond acceptors (Lipinski definition) is 4. The summed E-state index contributed by atoms with van der Waals surface area (Å²) >= 11 is 0. The Labute approximate surface area is 108 Å². The molecule has 0 aromatic heterocycles. The third-order valence-electron chi connectivity index (χ3n) is 3.58. The second kappa shape index (κ2) is 6.29. The summed E-state index contributed by atoms with van der Waals surface area (Å²) in [6.45, 7) is 5.96. The third kappa shape index (κ3) is 3.09. The van der Waals surface area contributed by atoms with Gasteiger partial charge in [0, 0.05) is 19.6 Å². The molecule has 0 aliphatic carbocycles. The van der Waals surface area contributed by atoms with Gasteiger partial charge >= 0.3 is 0 Å². The standard InChI is InChI=1S/C14H22N2O2/c1-11-6-12(7-15)2-3-13(11)8-16-4-5-18-10-14(16)9-17/h2-3,6,14,17H,4-5,7-10,15H2,1H3. The van der Waals surface area contributed by atoms with E-state index < -0.39 is 0 Å². The molecular weight excluding hydrogens is 228 g/mol. The van der Waals surface area contributed by atoms with Crippen molar-refractivity contribution in [3.63, 3.8) is 0 Å².